The molecule has 0 N–H and O–H groups in total. The van der Waals surface area contributed by atoms with Gasteiger partial charge in [0.1, 0.15) is 0 Å². The van der Waals surface area contributed by atoms with Crippen LogP contribution in [0.2, 0.25) is 0 Å². The summed E-state index contributed by atoms with van der Waals surface area (Å²) in [5.41, 5.74) is 0. The van der Waals surface area contributed by atoms with Crippen molar-refractivity contribution in [1.29, 1.82) is 0 Å². The molecule has 0 saturated carbocycles. The summed E-state index contributed by atoms with van der Waals surface area (Å²) < 4.78 is 1.10. The molecule has 0 bridgehead atoms. The van der Waals surface area contributed by atoms with E-state index >= 15 is 0 Å². The molecule has 42 valence electrons. The first-order valence-electron chi connectivity index (χ1n) is 2.01. The second kappa shape index (κ2) is 4.24. The molecule has 0 unspecified atom stereocenters. The van der Waals surface area contributed by atoms with Crippen molar-refractivity contribution in [2.45, 2.75) is 0 Å². The Morgan fingerprint density at radius 1 is 1.25 bits per heavy atom. The molecule has 1 aromatic rings. The van der Waals surface area contributed by atoms with Crippen LogP contribution in [0.15, 0.2) is 28.7 Å². The Balaban J connectivity index is 0.000000490. The smallest absolute Gasteiger partial charge is 0.184 e. The Kier molecular flexibility index (Phi) is 4.42. The predicted octanol–water partition coefficient (Wildman–Crippen LogP) is 2.25. The van der Waals surface area contributed by atoms with Gasteiger partial charge in [0, 0.05) is 0 Å². The van der Waals surface area contributed by atoms with Crippen molar-refractivity contribution >= 4 is 15.9 Å². The molecule has 0 aliphatic carbocycles. The maximum atomic E-state index is 3.29. The van der Waals surface area contributed by atoms with Gasteiger partial charge in [-0.25, -0.2) is 0 Å². The molecule has 1 aromatic carbocycles. The zero-order valence-electron chi connectivity index (χ0n) is 4.04. The SMILES string of the molecule is Brc1cc[c-]cc1.[Os+2]. The quantitative estimate of drug-likeness (QED) is 0.632. The summed E-state index contributed by atoms with van der Waals surface area (Å²) in [6.45, 7) is 0. The van der Waals surface area contributed by atoms with E-state index in [4.69, 9.17) is 0 Å². The normalized spacial score (nSPS) is 7.62. The third-order valence-electron chi connectivity index (χ3n) is 0.678. The summed E-state index contributed by atoms with van der Waals surface area (Å²) in [5, 5.41) is 0. The Bertz CT molecular complexity index is 138. The van der Waals surface area contributed by atoms with Gasteiger partial charge in [0.05, 0.1) is 0 Å². The van der Waals surface area contributed by atoms with E-state index in [1.165, 1.54) is 0 Å². The van der Waals surface area contributed by atoms with Crippen LogP contribution in [-0.4, -0.2) is 0 Å². The molecule has 0 aliphatic heterocycles. The van der Waals surface area contributed by atoms with E-state index < -0.39 is 0 Å². The van der Waals surface area contributed by atoms with Gasteiger partial charge in [-0.2, -0.15) is 30.3 Å². The molecule has 0 aliphatic rings. The first kappa shape index (κ1) is 8.34. The summed E-state index contributed by atoms with van der Waals surface area (Å²) in [6, 6.07) is 10.5. The van der Waals surface area contributed by atoms with Gasteiger partial charge in [-0.05, 0) is 0 Å². The van der Waals surface area contributed by atoms with E-state index in [9.17, 15) is 0 Å². The number of hydrogen-bond acceptors (Lipinski definition) is 0. The maximum Gasteiger partial charge on any atom is 2.00 e. The summed E-state index contributed by atoms with van der Waals surface area (Å²) >= 11 is 3.29. The van der Waals surface area contributed by atoms with Gasteiger partial charge >= 0.3 is 19.8 Å². The van der Waals surface area contributed by atoms with E-state index in [0.29, 0.717) is 0 Å². The molecule has 0 fully saturated rings. The fourth-order valence-electron chi connectivity index (χ4n) is 0.367. The van der Waals surface area contributed by atoms with Crippen molar-refractivity contribution in [1.82, 2.24) is 0 Å². The first-order chi connectivity index (χ1) is 3.39. The van der Waals surface area contributed by atoms with Crippen LogP contribution in [0.1, 0.15) is 0 Å². The van der Waals surface area contributed by atoms with Crippen LogP contribution in [0.4, 0.5) is 0 Å². The van der Waals surface area contributed by atoms with Gasteiger partial charge in [-0.15, -0.1) is 0 Å². The second-order valence-electron chi connectivity index (χ2n) is 1.22. The Hall–Kier alpha value is 0.336. The van der Waals surface area contributed by atoms with Crippen LogP contribution >= 0.6 is 15.9 Å². The van der Waals surface area contributed by atoms with Crippen molar-refractivity contribution in [3.8, 4) is 0 Å². The molecular weight excluding hydrogens is 342 g/mol. The molecule has 0 nitrogen and oxygen atoms in total. The van der Waals surface area contributed by atoms with Gasteiger partial charge in [0.2, 0.25) is 0 Å². The van der Waals surface area contributed by atoms with Crippen molar-refractivity contribution in [3.63, 3.8) is 0 Å². The number of halogens is 1. The number of rotatable bonds is 0. The molecule has 0 heterocycles. The Morgan fingerprint density at radius 3 is 2.00 bits per heavy atom. The number of hydrogen-bond donors (Lipinski definition) is 0. The third kappa shape index (κ3) is 2.60. The zero-order chi connectivity index (χ0) is 5.11. The molecule has 2 heteroatoms. The molecule has 8 heavy (non-hydrogen) atoms. The molecule has 0 atom stereocenters. The predicted molar refractivity (Wildman–Crippen MR) is 33.0 cm³/mol. The van der Waals surface area contributed by atoms with Crippen LogP contribution < -0.4 is 0 Å². The van der Waals surface area contributed by atoms with E-state index in [2.05, 4.69) is 22.0 Å². The van der Waals surface area contributed by atoms with Crippen LogP contribution in [0.3, 0.4) is 0 Å². The minimum Gasteiger partial charge on any atom is -0.184 e. The maximum absolute atomic E-state index is 3.29. The van der Waals surface area contributed by atoms with Gasteiger partial charge < -0.3 is 0 Å². The van der Waals surface area contributed by atoms with Gasteiger partial charge in [-0.1, -0.05) is 20.4 Å². The summed E-state index contributed by atoms with van der Waals surface area (Å²) in [5.74, 6) is 0. The molecule has 0 saturated heterocycles. The molecule has 0 aromatic heterocycles. The van der Waals surface area contributed by atoms with Gasteiger partial charge in [0.15, 0.2) is 0 Å². The summed E-state index contributed by atoms with van der Waals surface area (Å²) in [7, 11) is 0. The minimum atomic E-state index is 0. The van der Waals surface area contributed by atoms with Crippen molar-refractivity contribution in [2.75, 3.05) is 0 Å². The topological polar surface area (TPSA) is 0 Å². The Morgan fingerprint density at radius 2 is 1.75 bits per heavy atom. The van der Waals surface area contributed by atoms with Crippen LogP contribution in [-0.2, 0) is 19.8 Å². The number of benzene rings is 1. The van der Waals surface area contributed by atoms with Crippen molar-refractivity contribution in [2.24, 2.45) is 0 Å². The average molecular weight is 346 g/mol. The van der Waals surface area contributed by atoms with E-state index in [1.807, 2.05) is 24.3 Å². The molecular formula is C6H4BrOs+. The van der Waals surface area contributed by atoms with Crippen molar-refractivity contribution in [3.05, 3.63) is 34.8 Å². The molecule has 0 radical (unpaired) electrons. The third-order valence-corrected chi connectivity index (χ3v) is 1.21. The molecule has 0 spiro atoms. The van der Waals surface area contributed by atoms with E-state index in [1.54, 1.807) is 0 Å². The van der Waals surface area contributed by atoms with Crippen LogP contribution in [0, 0.1) is 6.07 Å². The second-order valence-corrected chi connectivity index (χ2v) is 2.13. The van der Waals surface area contributed by atoms with E-state index in [-0.39, 0.29) is 19.8 Å². The minimum absolute atomic E-state index is 0. The Labute approximate surface area is 70.5 Å². The summed E-state index contributed by atoms with van der Waals surface area (Å²) in [6.07, 6.45) is 0. The molecule has 1 rings (SSSR count). The van der Waals surface area contributed by atoms with Gasteiger partial charge in [0.25, 0.3) is 0 Å². The van der Waals surface area contributed by atoms with Crippen LogP contribution in [0.25, 0.3) is 0 Å². The standard InChI is InChI=1S/C6H4Br.Os/c7-6-4-2-1-3-5-6;/h2-5H;/q-1;+2. The fraction of sp³-hybridized carbons (Fsp3) is 0. The van der Waals surface area contributed by atoms with E-state index in [0.717, 1.165) is 4.47 Å². The zero-order valence-corrected chi connectivity index (χ0v) is 8.17. The average Bonchev–Trinajstić information content (AvgIpc) is 1.69. The van der Waals surface area contributed by atoms with Crippen molar-refractivity contribution < 1.29 is 19.8 Å². The fourth-order valence-corrected chi connectivity index (χ4v) is 0.631. The summed E-state index contributed by atoms with van der Waals surface area (Å²) in [4.78, 5) is 0. The monoisotopic (exact) mass is 347 g/mol. The largest absolute Gasteiger partial charge is 2.00 e. The molecule has 0 amide bonds. The van der Waals surface area contributed by atoms with Gasteiger partial charge in [-0.3, -0.25) is 0 Å². The van der Waals surface area contributed by atoms with Crippen LogP contribution in [0.5, 0.6) is 0 Å². The first-order valence-corrected chi connectivity index (χ1v) is 2.80.